The Bertz CT molecular complexity index is 297. The van der Waals surface area contributed by atoms with Crippen LogP contribution in [0.15, 0.2) is 28.7 Å². The van der Waals surface area contributed by atoms with Crippen molar-refractivity contribution in [3.8, 4) is 5.75 Å². The van der Waals surface area contributed by atoms with Crippen molar-refractivity contribution in [3.63, 3.8) is 0 Å². The van der Waals surface area contributed by atoms with Gasteiger partial charge in [-0.3, -0.25) is 0 Å². The maximum Gasteiger partial charge on any atom is 0.123 e. The Morgan fingerprint density at radius 1 is 1.50 bits per heavy atom. The van der Waals surface area contributed by atoms with E-state index in [4.69, 9.17) is 5.73 Å². The summed E-state index contributed by atoms with van der Waals surface area (Å²) in [6.45, 7) is 0.482. The lowest BCUT2D eigenvalue weighted by molar-refractivity contribution is 0.473. The first-order valence-electron chi connectivity index (χ1n) is 3.59. The molecule has 1 rings (SSSR count). The summed E-state index contributed by atoms with van der Waals surface area (Å²) in [7, 11) is 0. The molecule has 0 unspecified atom stereocenters. The lowest BCUT2D eigenvalue weighted by Gasteiger charge is -1.98. The molecule has 0 spiro atoms. The third kappa shape index (κ3) is 2.36. The second-order valence-corrected chi connectivity index (χ2v) is 3.26. The molecule has 0 atom stereocenters. The van der Waals surface area contributed by atoms with Crippen molar-refractivity contribution in [2.75, 3.05) is 6.54 Å². The molecule has 3 heteroatoms. The maximum absolute atomic E-state index is 9.40. The normalized spacial score (nSPS) is 10.8. The van der Waals surface area contributed by atoms with Gasteiger partial charge in [0.25, 0.3) is 0 Å². The highest BCUT2D eigenvalue weighted by Gasteiger charge is 1.96. The van der Waals surface area contributed by atoms with Gasteiger partial charge in [0.2, 0.25) is 0 Å². The zero-order valence-electron chi connectivity index (χ0n) is 6.50. The highest BCUT2D eigenvalue weighted by Crippen LogP contribution is 2.22. The van der Waals surface area contributed by atoms with Crippen molar-refractivity contribution >= 4 is 22.0 Å². The van der Waals surface area contributed by atoms with Gasteiger partial charge >= 0.3 is 0 Å². The molecule has 0 saturated heterocycles. The summed E-state index contributed by atoms with van der Waals surface area (Å²) in [6, 6.07) is 5.34. The van der Waals surface area contributed by atoms with Crippen molar-refractivity contribution in [1.82, 2.24) is 0 Å². The van der Waals surface area contributed by atoms with Crippen LogP contribution in [-0.4, -0.2) is 11.7 Å². The second kappa shape index (κ2) is 4.28. The SMILES string of the molecule is NC/C=C/c1ccc(Br)cc1O. The summed E-state index contributed by atoms with van der Waals surface area (Å²) in [4.78, 5) is 0. The van der Waals surface area contributed by atoms with Crippen LogP contribution >= 0.6 is 15.9 Å². The van der Waals surface area contributed by atoms with Gasteiger partial charge in [-0.15, -0.1) is 0 Å². The zero-order chi connectivity index (χ0) is 8.97. The molecule has 2 nitrogen and oxygen atoms in total. The number of rotatable bonds is 2. The molecule has 0 saturated carbocycles. The monoisotopic (exact) mass is 227 g/mol. The lowest BCUT2D eigenvalue weighted by atomic mass is 10.2. The van der Waals surface area contributed by atoms with Gasteiger partial charge in [-0.05, 0) is 12.1 Å². The van der Waals surface area contributed by atoms with Crippen LogP contribution in [0.1, 0.15) is 5.56 Å². The first-order chi connectivity index (χ1) is 5.74. The number of hydrogen-bond acceptors (Lipinski definition) is 2. The largest absolute Gasteiger partial charge is 0.507 e. The van der Waals surface area contributed by atoms with Crippen LogP contribution in [0.2, 0.25) is 0 Å². The molecule has 0 aliphatic rings. The van der Waals surface area contributed by atoms with Gasteiger partial charge in [-0.2, -0.15) is 0 Å². The van der Waals surface area contributed by atoms with Crippen LogP contribution in [0.5, 0.6) is 5.75 Å². The van der Waals surface area contributed by atoms with Gasteiger partial charge in [0.15, 0.2) is 0 Å². The number of nitrogens with two attached hydrogens (primary N) is 1. The van der Waals surface area contributed by atoms with Crippen molar-refractivity contribution in [2.45, 2.75) is 0 Å². The van der Waals surface area contributed by atoms with Gasteiger partial charge in [-0.1, -0.05) is 34.1 Å². The minimum atomic E-state index is 0.258. The minimum absolute atomic E-state index is 0.258. The van der Waals surface area contributed by atoms with Gasteiger partial charge < -0.3 is 10.8 Å². The number of phenolic OH excluding ortho intramolecular Hbond substituents is 1. The van der Waals surface area contributed by atoms with Gasteiger partial charge in [0.1, 0.15) is 5.75 Å². The predicted octanol–water partition coefficient (Wildman–Crippen LogP) is 2.13. The van der Waals surface area contributed by atoms with E-state index in [2.05, 4.69) is 15.9 Å². The average molecular weight is 228 g/mol. The smallest absolute Gasteiger partial charge is 0.123 e. The Kier molecular flexibility index (Phi) is 3.31. The Labute approximate surface area is 79.8 Å². The summed E-state index contributed by atoms with van der Waals surface area (Å²) < 4.78 is 0.866. The lowest BCUT2D eigenvalue weighted by Crippen LogP contribution is -1.91. The molecule has 0 heterocycles. The molecule has 0 aliphatic heterocycles. The van der Waals surface area contributed by atoms with Crippen molar-refractivity contribution < 1.29 is 5.11 Å². The van der Waals surface area contributed by atoms with Crippen LogP contribution in [0, 0.1) is 0 Å². The molecule has 0 bridgehead atoms. The Morgan fingerprint density at radius 3 is 2.83 bits per heavy atom. The van der Waals surface area contributed by atoms with E-state index in [1.54, 1.807) is 18.2 Å². The van der Waals surface area contributed by atoms with Crippen LogP contribution < -0.4 is 5.73 Å². The minimum Gasteiger partial charge on any atom is -0.507 e. The van der Waals surface area contributed by atoms with E-state index in [1.165, 1.54) is 0 Å². The van der Waals surface area contributed by atoms with Crippen molar-refractivity contribution in [1.29, 1.82) is 0 Å². The molecule has 3 N–H and O–H groups in total. The van der Waals surface area contributed by atoms with Crippen LogP contribution in [-0.2, 0) is 0 Å². The van der Waals surface area contributed by atoms with Crippen LogP contribution in [0.4, 0.5) is 0 Å². The molecule has 1 aromatic carbocycles. The molecule has 0 fully saturated rings. The molecule has 0 aliphatic carbocycles. The highest BCUT2D eigenvalue weighted by molar-refractivity contribution is 9.10. The summed E-state index contributed by atoms with van der Waals surface area (Å²) in [5.74, 6) is 0.258. The highest BCUT2D eigenvalue weighted by atomic mass is 79.9. The number of halogens is 1. The van der Waals surface area contributed by atoms with E-state index in [9.17, 15) is 5.11 Å². The third-order valence-corrected chi connectivity index (χ3v) is 1.92. The first kappa shape index (κ1) is 9.29. The van der Waals surface area contributed by atoms with Gasteiger partial charge in [0.05, 0.1) is 0 Å². The fourth-order valence-electron chi connectivity index (χ4n) is 0.853. The average Bonchev–Trinajstić information content (AvgIpc) is 2.03. The van der Waals surface area contributed by atoms with E-state index in [1.807, 2.05) is 12.1 Å². The van der Waals surface area contributed by atoms with E-state index in [-0.39, 0.29) is 5.75 Å². The number of benzene rings is 1. The number of phenols is 1. The van der Waals surface area contributed by atoms with E-state index < -0.39 is 0 Å². The summed E-state index contributed by atoms with van der Waals surface area (Å²) in [5, 5.41) is 9.40. The Balaban J connectivity index is 2.94. The zero-order valence-corrected chi connectivity index (χ0v) is 8.08. The standard InChI is InChI=1S/C9H10BrNO/c10-8-4-3-7(2-1-5-11)9(12)6-8/h1-4,6,12H,5,11H2/b2-1+. The third-order valence-electron chi connectivity index (χ3n) is 1.43. The molecule has 0 aromatic heterocycles. The van der Waals surface area contributed by atoms with Crippen molar-refractivity contribution in [3.05, 3.63) is 34.3 Å². The fraction of sp³-hybridized carbons (Fsp3) is 0.111. The second-order valence-electron chi connectivity index (χ2n) is 2.34. The maximum atomic E-state index is 9.40. The fourth-order valence-corrected chi connectivity index (χ4v) is 1.20. The molecule has 12 heavy (non-hydrogen) atoms. The summed E-state index contributed by atoms with van der Waals surface area (Å²) >= 11 is 3.26. The summed E-state index contributed by atoms with van der Waals surface area (Å²) in [5.41, 5.74) is 6.06. The molecule has 0 amide bonds. The molecule has 1 aromatic rings. The Hall–Kier alpha value is -0.800. The summed E-state index contributed by atoms with van der Waals surface area (Å²) in [6.07, 6.45) is 3.59. The van der Waals surface area contributed by atoms with E-state index >= 15 is 0 Å². The number of hydrogen-bond donors (Lipinski definition) is 2. The quantitative estimate of drug-likeness (QED) is 0.814. The Morgan fingerprint density at radius 2 is 2.25 bits per heavy atom. The van der Waals surface area contributed by atoms with E-state index in [0.717, 1.165) is 10.0 Å². The topological polar surface area (TPSA) is 46.2 Å². The first-order valence-corrected chi connectivity index (χ1v) is 4.38. The number of aromatic hydroxyl groups is 1. The van der Waals surface area contributed by atoms with Gasteiger partial charge in [-0.25, -0.2) is 0 Å². The molecular weight excluding hydrogens is 218 g/mol. The van der Waals surface area contributed by atoms with Crippen LogP contribution in [0.3, 0.4) is 0 Å². The van der Waals surface area contributed by atoms with Crippen LogP contribution in [0.25, 0.3) is 6.08 Å². The van der Waals surface area contributed by atoms with Gasteiger partial charge in [0, 0.05) is 16.6 Å². The molecule has 64 valence electrons. The molecular formula is C9H10BrNO. The van der Waals surface area contributed by atoms with E-state index in [0.29, 0.717) is 6.54 Å². The van der Waals surface area contributed by atoms with Crippen molar-refractivity contribution in [2.24, 2.45) is 5.73 Å². The predicted molar refractivity (Wildman–Crippen MR) is 53.9 cm³/mol. The molecule has 0 radical (unpaired) electrons.